The van der Waals surface area contributed by atoms with E-state index >= 15 is 0 Å². The Kier molecular flexibility index (Phi) is 3.81. The van der Waals surface area contributed by atoms with Crippen molar-refractivity contribution in [3.63, 3.8) is 0 Å². The minimum atomic E-state index is 0.640. The Morgan fingerprint density at radius 3 is 2.36 bits per heavy atom. The van der Waals surface area contributed by atoms with Gasteiger partial charge in [-0.05, 0) is 48.0 Å². The number of nitrogens with zero attached hydrogens (tertiary/aromatic N) is 1. The van der Waals surface area contributed by atoms with E-state index in [1.807, 2.05) is 66.7 Å². The largest absolute Gasteiger partial charge is 0.456 e. The molecule has 0 saturated carbocycles. The first kappa shape index (κ1) is 16.2. The second-order valence-corrected chi connectivity index (χ2v) is 6.67. The average molecular weight is 360 g/mol. The zero-order valence-corrected chi connectivity index (χ0v) is 15.0. The van der Waals surface area contributed by atoms with Crippen LogP contribution in [0.3, 0.4) is 0 Å². The van der Waals surface area contributed by atoms with Crippen LogP contribution in [0, 0.1) is 11.3 Å². The summed E-state index contributed by atoms with van der Waals surface area (Å²) in [7, 11) is 0. The quantitative estimate of drug-likeness (QED) is 0.382. The minimum absolute atomic E-state index is 0.640. The van der Waals surface area contributed by atoms with Crippen molar-refractivity contribution in [2.75, 3.05) is 5.32 Å². The number of fused-ring (bicyclic) bond motifs is 3. The number of nitriles is 1. The van der Waals surface area contributed by atoms with Crippen LogP contribution in [0.2, 0.25) is 0 Å². The van der Waals surface area contributed by atoms with Crippen molar-refractivity contribution in [2.45, 2.75) is 0 Å². The lowest BCUT2D eigenvalue weighted by atomic mass is 10.0. The van der Waals surface area contributed by atoms with Crippen LogP contribution in [0.4, 0.5) is 11.4 Å². The molecule has 0 saturated heterocycles. The Bertz CT molecular complexity index is 1340. The fraction of sp³-hybridized carbons (Fsp3) is 0. The number of nitrogens with one attached hydrogen (secondary N) is 1. The van der Waals surface area contributed by atoms with Gasteiger partial charge in [0.2, 0.25) is 0 Å². The van der Waals surface area contributed by atoms with E-state index in [4.69, 9.17) is 4.42 Å². The normalized spacial score (nSPS) is 10.8. The molecule has 28 heavy (non-hydrogen) atoms. The highest BCUT2D eigenvalue weighted by Crippen LogP contribution is 2.34. The van der Waals surface area contributed by atoms with E-state index < -0.39 is 0 Å². The van der Waals surface area contributed by atoms with Gasteiger partial charge < -0.3 is 9.73 Å². The number of anilines is 2. The number of hydrogen-bond donors (Lipinski definition) is 1. The van der Waals surface area contributed by atoms with E-state index in [2.05, 4.69) is 35.7 Å². The first-order valence-corrected chi connectivity index (χ1v) is 9.10. The van der Waals surface area contributed by atoms with Crippen LogP contribution in [0.15, 0.2) is 95.4 Å². The molecule has 0 radical (unpaired) electrons. The summed E-state index contributed by atoms with van der Waals surface area (Å²) in [5.41, 5.74) is 6.39. The van der Waals surface area contributed by atoms with Gasteiger partial charge in [-0.3, -0.25) is 0 Å². The summed E-state index contributed by atoms with van der Waals surface area (Å²) in [6, 6.07) is 32.2. The standard InChI is InChI=1S/C25H16N2O/c26-16-17-10-12-23(21(14-17)18-6-2-1-3-7-18)27-19-11-13-25-22(15-19)20-8-4-5-9-24(20)28-25/h1-15,27H. The van der Waals surface area contributed by atoms with Crippen LogP contribution in [-0.4, -0.2) is 0 Å². The fourth-order valence-electron chi connectivity index (χ4n) is 3.54. The van der Waals surface area contributed by atoms with Crippen molar-refractivity contribution in [3.8, 4) is 17.2 Å². The second kappa shape index (κ2) is 6.61. The molecule has 3 nitrogen and oxygen atoms in total. The van der Waals surface area contributed by atoms with E-state index in [0.29, 0.717) is 5.56 Å². The zero-order chi connectivity index (χ0) is 18.9. The number of benzene rings is 4. The summed E-state index contributed by atoms with van der Waals surface area (Å²) in [5, 5.41) is 15.0. The summed E-state index contributed by atoms with van der Waals surface area (Å²) in [4.78, 5) is 0. The van der Waals surface area contributed by atoms with Gasteiger partial charge in [0.15, 0.2) is 0 Å². The van der Waals surface area contributed by atoms with Gasteiger partial charge in [-0.15, -0.1) is 0 Å². The maximum atomic E-state index is 9.30. The molecule has 0 atom stereocenters. The van der Waals surface area contributed by atoms with Gasteiger partial charge in [0.25, 0.3) is 0 Å². The summed E-state index contributed by atoms with van der Waals surface area (Å²) in [6.45, 7) is 0. The van der Waals surface area contributed by atoms with E-state index in [9.17, 15) is 5.26 Å². The topological polar surface area (TPSA) is 49.0 Å². The van der Waals surface area contributed by atoms with Crippen molar-refractivity contribution in [1.29, 1.82) is 5.26 Å². The van der Waals surface area contributed by atoms with Gasteiger partial charge in [-0.1, -0.05) is 48.5 Å². The number of rotatable bonds is 3. The molecule has 0 aliphatic rings. The molecule has 5 aromatic rings. The second-order valence-electron chi connectivity index (χ2n) is 6.67. The predicted molar refractivity (Wildman–Crippen MR) is 114 cm³/mol. The molecule has 0 fully saturated rings. The highest BCUT2D eigenvalue weighted by molar-refractivity contribution is 6.06. The molecular formula is C25H16N2O. The highest BCUT2D eigenvalue weighted by atomic mass is 16.3. The first-order valence-electron chi connectivity index (χ1n) is 9.10. The van der Waals surface area contributed by atoms with Crippen molar-refractivity contribution >= 4 is 33.3 Å². The van der Waals surface area contributed by atoms with Crippen LogP contribution in [0.1, 0.15) is 5.56 Å². The lowest BCUT2D eigenvalue weighted by molar-refractivity contribution is 0.669. The van der Waals surface area contributed by atoms with Crippen LogP contribution in [0.5, 0.6) is 0 Å². The van der Waals surface area contributed by atoms with Gasteiger partial charge >= 0.3 is 0 Å². The Balaban J connectivity index is 1.61. The molecule has 0 amide bonds. The van der Waals surface area contributed by atoms with Gasteiger partial charge in [-0.25, -0.2) is 0 Å². The lowest BCUT2D eigenvalue weighted by Crippen LogP contribution is -1.94. The Hall–Kier alpha value is -4.03. The Morgan fingerprint density at radius 2 is 1.50 bits per heavy atom. The Labute approximate surface area is 162 Å². The highest BCUT2D eigenvalue weighted by Gasteiger charge is 2.10. The molecule has 3 heteroatoms. The van der Waals surface area contributed by atoms with Gasteiger partial charge in [0, 0.05) is 27.7 Å². The van der Waals surface area contributed by atoms with E-state index in [1.54, 1.807) is 0 Å². The molecule has 0 aliphatic heterocycles. The average Bonchev–Trinajstić information content (AvgIpc) is 3.13. The molecule has 0 spiro atoms. The molecule has 1 heterocycles. The molecule has 5 rings (SSSR count). The van der Waals surface area contributed by atoms with Crippen LogP contribution >= 0.6 is 0 Å². The summed E-state index contributed by atoms with van der Waals surface area (Å²) < 4.78 is 5.92. The number of furan rings is 1. The predicted octanol–water partition coefficient (Wildman–Crippen LogP) is 6.87. The third-order valence-corrected chi connectivity index (χ3v) is 4.89. The van der Waals surface area contributed by atoms with Gasteiger partial charge in [0.1, 0.15) is 11.2 Å². The van der Waals surface area contributed by atoms with Crippen molar-refractivity contribution in [1.82, 2.24) is 0 Å². The van der Waals surface area contributed by atoms with Gasteiger partial charge in [0.05, 0.1) is 11.6 Å². The fourth-order valence-corrected chi connectivity index (χ4v) is 3.54. The molecule has 0 aliphatic carbocycles. The summed E-state index contributed by atoms with van der Waals surface area (Å²) in [6.07, 6.45) is 0. The van der Waals surface area contributed by atoms with Crippen molar-refractivity contribution in [3.05, 3.63) is 96.6 Å². The van der Waals surface area contributed by atoms with Crippen LogP contribution < -0.4 is 5.32 Å². The maximum Gasteiger partial charge on any atom is 0.135 e. The summed E-state index contributed by atoms with van der Waals surface area (Å²) >= 11 is 0. The smallest absolute Gasteiger partial charge is 0.135 e. The van der Waals surface area contributed by atoms with Gasteiger partial charge in [-0.2, -0.15) is 5.26 Å². The first-order chi connectivity index (χ1) is 13.8. The van der Waals surface area contributed by atoms with E-state index in [-0.39, 0.29) is 0 Å². The van der Waals surface area contributed by atoms with Crippen LogP contribution in [0.25, 0.3) is 33.1 Å². The maximum absolute atomic E-state index is 9.30. The van der Waals surface area contributed by atoms with E-state index in [0.717, 1.165) is 44.4 Å². The monoisotopic (exact) mass is 360 g/mol. The van der Waals surface area contributed by atoms with Crippen molar-refractivity contribution < 1.29 is 4.42 Å². The molecule has 1 aromatic heterocycles. The third-order valence-electron chi connectivity index (χ3n) is 4.89. The minimum Gasteiger partial charge on any atom is -0.456 e. The lowest BCUT2D eigenvalue weighted by Gasteiger charge is -2.13. The molecule has 1 N–H and O–H groups in total. The number of hydrogen-bond acceptors (Lipinski definition) is 3. The van der Waals surface area contributed by atoms with Crippen molar-refractivity contribution in [2.24, 2.45) is 0 Å². The van der Waals surface area contributed by atoms with E-state index in [1.165, 1.54) is 0 Å². The molecule has 4 aromatic carbocycles. The SMILES string of the molecule is N#Cc1ccc(Nc2ccc3oc4ccccc4c3c2)c(-c2ccccc2)c1. The molecule has 132 valence electrons. The number of para-hydroxylation sites is 1. The van der Waals surface area contributed by atoms with Crippen LogP contribution in [-0.2, 0) is 0 Å². The Morgan fingerprint density at radius 1 is 0.714 bits per heavy atom. The molecular weight excluding hydrogens is 344 g/mol. The third kappa shape index (κ3) is 2.78. The molecule has 0 unspecified atom stereocenters. The summed E-state index contributed by atoms with van der Waals surface area (Å²) in [5.74, 6) is 0. The zero-order valence-electron chi connectivity index (χ0n) is 15.0. The molecule has 0 bridgehead atoms.